The topological polar surface area (TPSA) is 17.1 Å². The SMILES string of the molecule is C[S+](C)(=O)Cc1ccc(Sc2ccccc2)cc1. The predicted octanol–water partition coefficient (Wildman–Crippen LogP) is 4.10. The summed E-state index contributed by atoms with van der Waals surface area (Å²) in [6, 6.07) is 18.6. The van der Waals surface area contributed by atoms with E-state index in [2.05, 4.69) is 36.4 Å². The second-order valence-electron chi connectivity index (χ2n) is 4.64. The van der Waals surface area contributed by atoms with Gasteiger partial charge in [-0.3, -0.25) is 0 Å². The third-order valence-electron chi connectivity index (χ3n) is 2.42. The Balaban J connectivity index is 2.06. The van der Waals surface area contributed by atoms with Crippen molar-refractivity contribution in [2.75, 3.05) is 12.5 Å². The van der Waals surface area contributed by atoms with Crippen molar-refractivity contribution in [1.82, 2.24) is 0 Å². The van der Waals surface area contributed by atoms with Gasteiger partial charge < -0.3 is 0 Å². The second kappa shape index (κ2) is 5.72. The Kier molecular flexibility index (Phi) is 4.25. The van der Waals surface area contributed by atoms with Crippen LogP contribution >= 0.6 is 11.8 Å². The van der Waals surface area contributed by atoms with E-state index in [9.17, 15) is 4.21 Å². The molecule has 3 heteroatoms. The molecule has 0 N–H and O–H groups in total. The number of rotatable bonds is 4. The van der Waals surface area contributed by atoms with Crippen LogP contribution in [0.5, 0.6) is 0 Å². The molecule has 0 aliphatic heterocycles. The minimum atomic E-state index is -1.71. The van der Waals surface area contributed by atoms with Crippen LogP contribution in [0.1, 0.15) is 5.56 Å². The molecule has 0 saturated heterocycles. The van der Waals surface area contributed by atoms with Gasteiger partial charge in [0.25, 0.3) is 0 Å². The first-order valence-electron chi connectivity index (χ1n) is 5.77. The Bertz CT molecular complexity index is 540. The van der Waals surface area contributed by atoms with Crippen LogP contribution in [0.2, 0.25) is 0 Å². The highest BCUT2D eigenvalue weighted by molar-refractivity contribution is 8.00. The Hall–Kier alpha value is -1.06. The maximum Gasteiger partial charge on any atom is 0.136 e. The van der Waals surface area contributed by atoms with Crippen LogP contribution in [0.25, 0.3) is 0 Å². The Labute approximate surface area is 114 Å². The summed E-state index contributed by atoms with van der Waals surface area (Å²) in [6.07, 6.45) is 3.61. The summed E-state index contributed by atoms with van der Waals surface area (Å²) >= 11 is 1.74. The molecule has 0 heterocycles. The van der Waals surface area contributed by atoms with Gasteiger partial charge >= 0.3 is 0 Å². The average Bonchev–Trinajstić information content (AvgIpc) is 2.31. The maximum atomic E-state index is 11.7. The summed E-state index contributed by atoms with van der Waals surface area (Å²) in [6.45, 7) is 0. The van der Waals surface area contributed by atoms with Gasteiger partial charge in [-0.05, 0) is 24.3 Å². The van der Waals surface area contributed by atoms with E-state index in [1.807, 2.05) is 18.2 Å². The van der Waals surface area contributed by atoms with Gasteiger partial charge in [-0.15, -0.1) is 4.21 Å². The Morgan fingerprint density at radius 3 is 2.00 bits per heavy atom. The fourth-order valence-corrected chi connectivity index (χ4v) is 3.51. The molecule has 0 aliphatic rings. The fourth-order valence-electron chi connectivity index (χ4n) is 1.68. The lowest BCUT2D eigenvalue weighted by Crippen LogP contribution is -2.07. The summed E-state index contributed by atoms with van der Waals surface area (Å²) in [7, 11) is -1.71. The van der Waals surface area contributed by atoms with E-state index in [1.54, 1.807) is 24.3 Å². The minimum absolute atomic E-state index is 0.656. The normalized spacial score (nSPS) is 11.4. The van der Waals surface area contributed by atoms with Gasteiger partial charge in [0.15, 0.2) is 0 Å². The van der Waals surface area contributed by atoms with Crippen molar-refractivity contribution in [3.8, 4) is 0 Å². The Morgan fingerprint density at radius 1 is 0.889 bits per heavy atom. The molecule has 0 bridgehead atoms. The largest absolute Gasteiger partial charge is 0.136 e. The third-order valence-corrected chi connectivity index (χ3v) is 4.46. The molecule has 0 atom stereocenters. The predicted molar refractivity (Wildman–Crippen MR) is 80.6 cm³/mol. The van der Waals surface area contributed by atoms with Gasteiger partial charge in [-0.2, -0.15) is 0 Å². The van der Waals surface area contributed by atoms with Gasteiger partial charge in [-0.25, -0.2) is 0 Å². The van der Waals surface area contributed by atoms with E-state index in [-0.39, 0.29) is 0 Å². The molecule has 0 aliphatic carbocycles. The minimum Gasteiger partial charge on any atom is -0.106 e. The molecule has 0 radical (unpaired) electrons. The lowest BCUT2D eigenvalue weighted by Gasteiger charge is -2.04. The van der Waals surface area contributed by atoms with Gasteiger partial charge in [-0.1, -0.05) is 42.1 Å². The van der Waals surface area contributed by atoms with Crippen LogP contribution in [0.3, 0.4) is 0 Å². The first kappa shape index (κ1) is 13.4. The van der Waals surface area contributed by atoms with Crippen molar-refractivity contribution >= 4 is 21.7 Å². The van der Waals surface area contributed by atoms with E-state index in [4.69, 9.17) is 0 Å². The molecule has 0 aromatic heterocycles. The molecule has 2 aromatic rings. The highest BCUT2D eigenvalue weighted by Crippen LogP contribution is 2.27. The van der Waals surface area contributed by atoms with Crippen molar-refractivity contribution < 1.29 is 4.21 Å². The van der Waals surface area contributed by atoms with Crippen LogP contribution in [0, 0.1) is 0 Å². The Morgan fingerprint density at radius 2 is 1.44 bits per heavy atom. The van der Waals surface area contributed by atoms with Gasteiger partial charge in [0.2, 0.25) is 0 Å². The van der Waals surface area contributed by atoms with Crippen LogP contribution in [-0.4, -0.2) is 12.5 Å². The van der Waals surface area contributed by atoms with E-state index in [0.717, 1.165) is 5.56 Å². The van der Waals surface area contributed by atoms with Crippen molar-refractivity contribution in [2.45, 2.75) is 15.5 Å². The first-order valence-corrected chi connectivity index (χ1v) is 9.13. The number of hydrogen-bond acceptors (Lipinski definition) is 2. The molecule has 94 valence electrons. The molecule has 1 nitrogen and oxygen atoms in total. The number of hydrogen-bond donors (Lipinski definition) is 0. The first-order chi connectivity index (χ1) is 8.53. The smallest absolute Gasteiger partial charge is 0.106 e. The molecule has 2 rings (SSSR count). The zero-order valence-corrected chi connectivity index (χ0v) is 12.3. The van der Waals surface area contributed by atoms with Gasteiger partial charge in [0, 0.05) is 15.4 Å². The average molecular weight is 277 g/mol. The van der Waals surface area contributed by atoms with Crippen LogP contribution in [0.4, 0.5) is 0 Å². The lowest BCUT2D eigenvalue weighted by molar-refractivity contribution is 0.590. The van der Waals surface area contributed by atoms with E-state index in [1.165, 1.54) is 9.79 Å². The summed E-state index contributed by atoms with van der Waals surface area (Å²) in [5.41, 5.74) is 1.14. The van der Waals surface area contributed by atoms with Crippen molar-refractivity contribution in [3.05, 3.63) is 60.2 Å². The van der Waals surface area contributed by atoms with E-state index in [0.29, 0.717) is 5.75 Å². The number of benzene rings is 2. The molecule has 0 unspecified atom stereocenters. The van der Waals surface area contributed by atoms with Crippen molar-refractivity contribution in [3.63, 3.8) is 0 Å². The van der Waals surface area contributed by atoms with Crippen LogP contribution in [0.15, 0.2) is 64.4 Å². The maximum absolute atomic E-state index is 11.7. The van der Waals surface area contributed by atoms with Gasteiger partial charge in [0.05, 0.1) is 9.93 Å². The molecular weight excluding hydrogens is 260 g/mol. The van der Waals surface area contributed by atoms with Crippen LogP contribution in [-0.2, 0) is 19.9 Å². The highest BCUT2D eigenvalue weighted by Gasteiger charge is 2.13. The summed E-state index contributed by atoms with van der Waals surface area (Å²) < 4.78 is 11.7. The van der Waals surface area contributed by atoms with E-state index >= 15 is 0 Å². The molecule has 0 spiro atoms. The third kappa shape index (κ3) is 4.31. The summed E-state index contributed by atoms with van der Waals surface area (Å²) in [5.74, 6) is 0.656. The zero-order chi connectivity index (χ0) is 13.0. The molecule has 0 saturated carbocycles. The lowest BCUT2D eigenvalue weighted by atomic mass is 10.2. The highest BCUT2D eigenvalue weighted by atomic mass is 32.2. The second-order valence-corrected chi connectivity index (χ2v) is 8.95. The van der Waals surface area contributed by atoms with Crippen LogP contribution < -0.4 is 0 Å². The molecule has 0 fully saturated rings. The standard InChI is InChI=1S/C15H17OS2/c1-18(2,16)12-13-8-10-15(11-9-13)17-14-6-4-3-5-7-14/h3-11H,12H2,1-2H3/q+1. The molecular formula is C15H17OS2+. The quantitative estimate of drug-likeness (QED) is 0.783. The molecule has 0 amide bonds. The summed E-state index contributed by atoms with van der Waals surface area (Å²) in [5, 5.41) is 0. The van der Waals surface area contributed by atoms with E-state index < -0.39 is 9.93 Å². The van der Waals surface area contributed by atoms with Gasteiger partial charge in [0.1, 0.15) is 18.3 Å². The molecule has 18 heavy (non-hydrogen) atoms. The van der Waals surface area contributed by atoms with Crippen molar-refractivity contribution in [1.29, 1.82) is 0 Å². The van der Waals surface area contributed by atoms with Crippen molar-refractivity contribution in [2.24, 2.45) is 0 Å². The zero-order valence-electron chi connectivity index (χ0n) is 10.6. The summed E-state index contributed by atoms with van der Waals surface area (Å²) in [4.78, 5) is 2.45. The molecule has 2 aromatic carbocycles. The fraction of sp³-hybridized carbons (Fsp3) is 0.200. The monoisotopic (exact) mass is 277 g/mol.